The second-order valence-electron chi connectivity index (χ2n) is 5.40. The molecule has 0 radical (unpaired) electrons. The number of aliphatic hydroxyl groups is 1. The standard InChI is InChI=1S/C12H24N2O3S/c1-13(11-7-3-4-8-12(11)15)18(16,17)14-9-5-2-6-10-14/h11-12,15H,2-10H2,1H3. The summed E-state index contributed by atoms with van der Waals surface area (Å²) in [5.74, 6) is 0. The van der Waals surface area contributed by atoms with Crippen LogP contribution in [0.25, 0.3) is 0 Å². The molecule has 1 saturated carbocycles. The molecule has 0 aromatic heterocycles. The van der Waals surface area contributed by atoms with E-state index in [-0.39, 0.29) is 6.04 Å². The number of rotatable bonds is 3. The van der Waals surface area contributed by atoms with E-state index in [1.807, 2.05) is 0 Å². The fourth-order valence-corrected chi connectivity index (χ4v) is 4.64. The monoisotopic (exact) mass is 276 g/mol. The first-order valence-electron chi connectivity index (χ1n) is 6.94. The van der Waals surface area contributed by atoms with E-state index >= 15 is 0 Å². The van der Waals surface area contributed by atoms with Crippen molar-refractivity contribution in [1.29, 1.82) is 0 Å². The highest BCUT2D eigenvalue weighted by Gasteiger charge is 2.36. The minimum Gasteiger partial charge on any atom is -0.391 e. The lowest BCUT2D eigenvalue weighted by atomic mass is 9.93. The summed E-state index contributed by atoms with van der Waals surface area (Å²) in [4.78, 5) is 0. The Kier molecular flexibility index (Phi) is 4.64. The summed E-state index contributed by atoms with van der Waals surface area (Å²) in [7, 11) is -1.77. The molecule has 1 saturated heterocycles. The zero-order valence-electron chi connectivity index (χ0n) is 11.1. The first kappa shape index (κ1) is 14.2. The number of aliphatic hydroxyl groups excluding tert-OH is 1. The molecule has 2 atom stereocenters. The van der Waals surface area contributed by atoms with Gasteiger partial charge in [0.1, 0.15) is 0 Å². The normalized spacial score (nSPS) is 31.7. The van der Waals surface area contributed by atoms with E-state index in [0.29, 0.717) is 19.5 Å². The van der Waals surface area contributed by atoms with E-state index in [1.165, 1.54) is 4.31 Å². The van der Waals surface area contributed by atoms with E-state index in [9.17, 15) is 13.5 Å². The van der Waals surface area contributed by atoms with Crippen LogP contribution in [0.2, 0.25) is 0 Å². The van der Waals surface area contributed by atoms with Crippen molar-refractivity contribution in [3.05, 3.63) is 0 Å². The number of likely N-dealkylation sites (N-methyl/N-ethyl adjacent to an activating group) is 1. The van der Waals surface area contributed by atoms with E-state index in [0.717, 1.165) is 38.5 Å². The Balaban J connectivity index is 2.07. The highest BCUT2D eigenvalue weighted by Crippen LogP contribution is 2.26. The van der Waals surface area contributed by atoms with Gasteiger partial charge in [-0.2, -0.15) is 17.0 Å². The van der Waals surface area contributed by atoms with E-state index in [4.69, 9.17) is 0 Å². The Labute approximate surface area is 110 Å². The third kappa shape index (κ3) is 2.87. The highest BCUT2D eigenvalue weighted by atomic mass is 32.2. The minimum absolute atomic E-state index is 0.245. The SMILES string of the molecule is CN(C1CCCCC1O)S(=O)(=O)N1CCCCC1. The second-order valence-corrected chi connectivity index (χ2v) is 7.39. The molecule has 5 nitrogen and oxygen atoms in total. The fourth-order valence-electron chi connectivity index (χ4n) is 2.96. The van der Waals surface area contributed by atoms with Crippen LogP contribution in [0.1, 0.15) is 44.9 Å². The topological polar surface area (TPSA) is 60.9 Å². The molecule has 18 heavy (non-hydrogen) atoms. The molecule has 1 aliphatic carbocycles. The second kappa shape index (κ2) is 5.86. The molecule has 0 spiro atoms. The molecular weight excluding hydrogens is 252 g/mol. The van der Waals surface area contributed by atoms with Crippen molar-refractivity contribution in [1.82, 2.24) is 8.61 Å². The van der Waals surface area contributed by atoms with Crippen LogP contribution in [0, 0.1) is 0 Å². The summed E-state index contributed by atoms with van der Waals surface area (Å²) in [5, 5.41) is 9.98. The molecule has 0 aromatic carbocycles. The van der Waals surface area contributed by atoms with Gasteiger partial charge in [-0.25, -0.2) is 0 Å². The van der Waals surface area contributed by atoms with Crippen molar-refractivity contribution < 1.29 is 13.5 Å². The Morgan fingerprint density at radius 3 is 2.28 bits per heavy atom. The molecule has 0 bridgehead atoms. The lowest BCUT2D eigenvalue weighted by molar-refractivity contribution is 0.0610. The van der Waals surface area contributed by atoms with Crippen molar-refractivity contribution in [2.24, 2.45) is 0 Å². The Hall–Kier alpha value is -0.170. The van der Waals surface area contributed by atoms with Crippen LogP contribution in [0.3, 0.4) is 0 Å². The van der Waals surface area contributed by atoms with Gasteiger partial charge in [0, 0.05) is 20.1 Å². The molecule has 0 aromatic rings. The summed E-state index contributed by atoms with van der Waals surface area (Å²) in [6.45, 7) is 1.24. The number of nitrogens with zero attached hydrogens (tertiary/aromatic N) is 2. The molecule has 1 heterocycles. The predicted octanol–water partition coefficient (Wildman–Crippen LogP) is 0.952. The Morgan fingerprint density at radius 1 is 1.06 bits per heavy atom. The van der Waals surface area contributed by atoms with Gasteiger partial charge in [-0.3, -0.25) is 0 Å². The number of hydrogen-bond acceptors (Lipinski definition) is 3. The summed E-state index contributed by atoms with van der Waals surface area (Å²) in [5.41, 5.74) is 0. The predicted molar refractivity (Wildman–Crippen MR) is 70.4 cm³/mol. The molecular formula is C12H24N2O3S. The summed E-state index contributed by atoms with van der Waals surface area (Å²) in [6.07, 6.45) is 5.97. The molecule has 2 rings (SSSR count). The third-order valence-electron chi connectivity index (χ3n) is 4.17. The van der Waals surface area contributed by atoms with Gasteiger partial charge >= 0.3 is 0 Å². The smallest absolute Gasteiger partial charge is 0.282 e. The summed E-state index contributed by atoms with van der Waals surface area (Å²) >= 11 is 0. The van der Waals surface area contributed by atoms with Crippen LogP contribution in [0.4, 0.5) is 0 Å². The third-order valence-corrected chi connectivity index (χ3v) is 6.18. The maximum absolute atomic E-state index is 12.5. The van der Waals surface area contributed by atoms with Crippen LogP contribution in [0.15, 0.2) is 0 Å². The fraction of sp³-hybridized carbons (Fsp3) is 1.00. The van der Waals surface area contributed by atoms with Crippen LogP contribution >= 0.6 is 0 Å². The van der Waals surface area contributed by atoms with Crippen molar-refractivity contribution in [2.45, 2.75) is 57.1 Å². The Morgan fingerprint density at radius 2 is 1.67 bits per heavy atom. The van der Waals surface area contributed by atoms with Gasteiger partial charge in [0.15, 0.2) is 0 Å². The van der Waals surface area contributed by atoms with Crippen molar-refractivity contribution >= 4 is 10.2 Å². The lowest BCUT2D eigenvalue weighted by Gasteiger charge is -2.38. The molecule has 2 aliphatic rings. The van der Waals surface area contributed by atoms with Crippen molar-refractivity contribution in [3.8, 4) is 0 Å². The van der Waals surface area contributed by atoms with Gasteiger partial charge in [-0.05, 0) is 25.7 Å². The molecule has 2 fully saturated rings. The maximum Gasteiger partial charge on any atom is 0.282 e. The molecule has 1 N–H and O–H groups in total. The first-order valence-corrected chi connectivity index (χ1v) is 8.34. The van der Waals surface area contributed by atoms with Crippen LogP contribution in [-0.2, 0) is 10.2 Å². The average Bonchev–Trinajstić information content (AvgIpc) is 2.39. The quantitative estimate of drug-likeness (QED) is 0.835. The van der Waals surface area contributed by atoms with Crippen LogP contribution in [-0.4, -0.2) is 54.4 Å². The zero-order valence-corrected chi connectivity index (χ0v) is 11.9. The van der Waals surface area contributed by atoms with Gasteiger partial charge in [-0.1, -0.05) is 19.3 Å². The molecule has 1 aliphatic heterocycles. The number of piperidine rings is 1. The minimum atomic E-state index is -3.39. The van der Waals surface area contributed by atoms with Gasteiger partial charge in [-0.15, -0.1) is 0 Å². The first-order chi connectivity index (χ1) is 8.53. The van der Waals surface area contributed by atoms with Crippen LogP contribution < -0.4 is 0 Å². The summed E-state index contributed by atoms with van der Waals surface area (Å²) in [6, 6.07) is -0.245. The lowest BCUT2D eigenvalue weighted by Crippen LogP contribution is -2.52. The van der Waals surface area contributed by atoms with Crippen molar-refractivity contribution in [2.75, 3.05) is 20.1 Å². The summed E-state index contributed by atoms with van der Waals surface area (Å²) < 4.78 is 27.9. The van der Waals surface area contributed by atoms with Crippen molar-refractivity contribution in [3.63, 3.8) is 0 Å². The van der Waals surface area contributed by atoms with Crippen LogP contribution in [0.5, 0.6) is 0 Å². The average molecular weight is 276 g/mol. The van der Waals surface area contributed by atoms with Gasteiger partial charge in [0.05, 0.1) is 12.1 Å². The Bertz CT molecular complexity index is 366. The van der Waals surface area contributed by atoms with Gasteiger partial charge in [0.2, 0.25) is 0 Å². The van der Waals surface area contributed by atoms with E-state index in [2.05, 4.69) is 0 Å². The molecule has 106 valence electrons. The largest absolute Gasteiger partial charge is 0.391 e. The van der Waals surface area contributed by atoms with E-state index in [1.54, 1.807) is 11.4 Å². The number of hydrogen-bond donors (Lipinski definition) is 1. The molecule has 6 heteroatoms. The molecule has 2 unspecified atom stereocenters. The van der Waals surface area contributed by atoms with Gasteiger partial charge in [0.25, 0.3) is 10.2 Å². The van der Waals surface area contributed by atoms with Gasteiger partial charge < -0.3 is 5.11 Å². The maximum atomic E-state index is 12.5. The zero-order chi connectivity index (χ0) is 13.2. The highest BCUT2D eigenvalue weighted by molar-refractivity contribution is 7.86. The molecule has 0 amide bonds. The van der Waals surface area contributed by atoms with E-state index < -0.39 is 16.3 Å².